The maximum atomic E-state index is 13.0. The molecule has 1 fully saturated rings. The molecule has 0 aromatic heterocycles. The molecule has 2 amide bonds. The van der Waals surface area contributed by atoms with Crippen molar-refractivity contribution in [1.29, 1.82) is 5.26 Å². The number of halogens is 1. The van der Waals surface area contributed by atoms with Crippen LogP contribution in [0.1, 0.15) is 25.3 Å². The molecule has 1 heterocycles. The van der Waals surface area contributed by atoms with Crippen LogP contribution in [-0.4, -0.2) is 24.0 Å². The van der Waals surface area contributed by atoms with Crippen LogP contribution in [0.25, 0.3) is 0 Å². The number of rotatable bonds is 1. The maximum Gasteiger partial charge on any atom is 0.321 e. The lowest BCUT2D eigenvalue weighted by Crippen LogP contribution is -2.40. The summed E-state index contributed by atoms with van der Waals surface area (Å²) in [4.78, 5) is 13.8. The van der Waals surface area contributed by atoms with Gasteiger partial charge in [-0.1, -0.05) is 6.92 Å². The number of hydrogen-bond donors (Lipinski definition) is 1. The Balaban J connectivity index is 2.05. The quantitative estimate of drug-likeness (QED) is 0.845. The first-order chi connectivity index (χ1) is 9.10. The van der Waals surface area contributed by atoms with Gasteiger partial charge in [0.15, 0.2) is 0 Å². The minimum absolute atomic E-state index is 0.138. The Bertz CT molecular complexity index is 516. The van der Waals surface area contributed by atoms with Gasteiger partial charge < -0.3 is 10.2 Å². The van der Waals surface area contributed by atoms with Crippen LogP contribution in [0.3, 0.4) is 0 Å². The summed E-state index contributed by atoms with van der Waals surface area (Å²) < 4.78 is 13.0. The first kappa shape index (κ1) is 13.3. The summed E-state index contributed by atoms with van der Waals surface area (Å²) in [6.45, 7) is 3.61. The van der Waals surface area contributed by atoms with Crippen molar-refractivity contribution in [2.24, 2.45) is 5.92 Å². The van der Waals surface area contributed by atoms with E-state index >= 15 is 0 Å². The van der Waals surface area contributed by atoms with Crippen molar-refractivity contribution >= 4 is 11.7 Å². The lowest BCUT2D eigenvalue weighted by molar-refractivity contribution is 0.186. The number of nitrogens with one attached hydrogen (secondary N) is 1. The van der Waals surface area contributed by atoms with Crippen molar-refractivity contribution in [3.05, 3.63) is 29.6 Å². The van der Waals surface area contributed by atoms with Gasteiger partial charge in [0.1, 0.15) is 11.9 Å². The van der Waals surface area contributed by atoms with Crippen LogP contribution in [0.2, 0.25) is 0 Å². The average Bonchev–Trinajstić information content (AvgIpc) is 2.41. The van der Waals surface area contributed by atoms with Crippen molar-refractivity contribution in [1.82, 2.24) is 4.90 Å². The molecule has 4 nitrogen and oxygen atoms in total. The van der Waals surface area contributed by atoms with E-state index in [4.69, 9.17) is 5.26 Å². The van der Waals surface area contributed by atoms with Crippen molar-refractivity contribution in [3.8, 4) is 6.07 Å². The molecule has 0 spiro atoms. The Kier molecular flexibility index (Phi) is 4.00. The highest BCUT2D eigenvalue weighted by atomic mass is 19.1. The second-order valence-electron chi connectivity index (χ2n) is 4.90. The number of anilines is 1. The molecule has 0 unspecified atom stereocenters. The second kappa shape index (κ2) is 5.70. The molecule has 0 radical (unpaired) electrons. The number of amides is 2. The lowest BCUT2D eigenvalue weighted by atomic mass is 10.00. The molecule has 1 aromatic rings. The van der Waals surface area contributed by atoms with E-state index in [-0.39, 0.29) is 11.6 Å². The Labute approximate surface area is 111 Å². The third kappa shape index (κ3) is 3.22. The molecule has 1 aromatic carbocycles. The van der Waals surface area contributed by atoms with Gasteiger partial charge in [-0.15, -0.1) is 0 Å². The predicted molar refractivity (Wildman–Crippen MR) is 70.1 cm³/mol. The van der Waals surface area contributed by atoms with Crippen molar-refractivity contribution < 1.29 is 9.18 Å². The summed E-state index contributed by atoms with van der Waals surface area (Å²) in [6.07, 6.45) is 1.98. The summed E-state index contributed by atoms with van der Waals surface area (Å²) >= 11 is 0. The van der Waals surface area contributed by atoms with Gasteiger partial charge in [-0.05, 0) is 37.0 Å². The number of piperidine rings is 1. The third-order valence-corrected chi connectivity index (χ3v) is 3.41. The zero-order chi connectivity index (χ0) is 13.8. The summed E-state index contributed by atoms with van der Waals surface area (Å²) in [5.74, 6) is 0.158. The van der Waals surface area contributed by atoms with Crippen LogP contribution in [0.15, 0.2) is 18.2 Å². The molecule has 1 aliphatic rings. The molecule has 0 aliphatic carbocycles. The zero-order valence-corrected chi connectivity index (χ0v) is 10.8. The third-order valence-electron chi connectivity index (χ3n) is 3.41. The molecule has 0 atom stereocenters. The SMILES string of the molecule is CC1CCN(C(=O)Nc2ccc(F)cc2C#N)CC1. The van der Waals surface area contributed by atoms with Crippen LogP contribution < -0.4 is 5.32 Å². The van der Waals surface area contributed by atoms with Crippen LogP contribution in [0.4, 0.5) is 14.9 Å². The minimum Gasteiger partial charge on any atom is -0.325 e. The van der Waals surface area contributed by atoms with Gasteiger partial charge in [0, 0.05) is 13.1 Å². The monoisotopic (exact) mass is 261 g/mol. The van der Waals surface area contributed by atoms with E-state index in [1.54, 1.807) is 4.90 Å². The molecule has 5 heteroatoms. The van der Waals surface area contributed by atoms with E-state index in [1.807, 2.05) is 6.07 Å². The fraction of sp³-hybridized carbons (Fsp3) is 0.429. The van der Waals surface area contributed by atoms with Gasteiger partial charge in [0.25, 0.3) is 0 Å². The fourth-order valence-corrected chi connectivity index (χ4v) is 2.12. The maximum absolute atomic E-state index is 13.0. The van der Waals surface area contributed by atoms with Crippen molar-refractivity contribution in [3.63, 3.8) is 0 Å². The topological polar surface area (TPSA) is 56.1 Å². The minimum atomic E-state index is -0.485. The van der Waals surface area contributed by atoms with Crippen LogP contribution in [0.5, 0.6) is 0 Å². The number of likely N-dealkylation sites (tertiary alicyclic amines) is 1. The van der Waals surface area contributed by atoms with Crippen LogP contribution >= 0.6 is 0 Å². The van der Waals surface area contributed by atoms with Crippen molar-refractivity contribution in [2.45, 2.75) is 19.8 Å². The normalized spacial score (nSPS) is 15.9. The Morgan fingerprint density at radius 1 is 1.47 bits per heavy atom. The molecule has 0 saturated carbocycles. The van der Waals surface area contributed by atoms with Gasteiger partial charge in [-0.3, -0.25) is 0 Å². The van der Waals surface area contributed by atoms with Gasteiger partial charge in [0.05, 0.1) is 11.3 Å². The van der Waals surface area contributed by atoms with Gasteiger partial charge in [0.2, 0.25) is 0 Å². The number of nitriles is 1. The number of urea groups is 1. The fourth-order valence-electron chi connectivity index (χ4n) is 2.12. The van der Waals surface area contributed by atoms with Gasteiger partial charge in [-0.25, -0.2) is 9.18 Å². The Morgan fingerprint density at radius 3 is 2.79 bits per heavy atom. The number of benzene rings is 1. The Morgan fingerprint density at radius 2 is 2.16 bits per heavy atom. The number of carbonyl (C=O) groups is 1. The highest BCUT2D eigenvalue weighted by Gasteiger charge is 2.20. The number of hydrogen-bond acceptors (Lipinski definition) is 2. The summed E-state index contributed by atoms with van der Waals surface area (Å²) in [6, 6.07) is 5.42. The van der Waals surface area contributed by atoms with Crippen molar-refractivity contribution in [2.75, 3.05) is 18.4 Å². The first-order valence-electron chi connectivity index (χ1n) is 6.35. The molecular formula is C14H16FN3O. The predicted octanol–water partition coefficient (Wildman–Crippen LogP) is 2.96. The second-order valence-corrected chi connectivity index (χ2v) is 4.90. The van der Waals surface area contributed by atoms with E-state index in [1.165, 1.54) is 12.1 Å². The lowest BCUT2D eigenvalue weighted by Gasteiger charge is -2.30. The van der Waals surface area contributed by atoms with Crippen LogP contribution in [0, 0.1) is 23.1 Å². The van der Waals surface area contributed by atoms with E-state index in [9.17, 15) is 9.18 Å². The first-order valence-corrected chi connectivity index (χ1v) is 6.35. The van der Waals surface area contributed by atoms with E-state index < -0.39 is 5.82 Å². The van der Waals surface area contributed by atoms with E-state index in [2.05, 4.69) is 12.2 Å². The molecule has 19 heavy (non-hydrogen) atoms. The summed E-state index contributed by atoms with van der Waals surface area (Å²) in [7, 11) is 0. The number of carbonyl (C=O) groups excluding carboxylic acids is 1. The molecule has 1 saturated heterocycles. The molecule has 0 bridgehead atoms. The highest BCUT2D eigenvalue weighted by molar-refractivity contribution is 5.90. The standard InChI is InChI=1S/C14H16FN3O/c1-10-4-6-18(7-5-10)14(19)17-13-3-2-12(15)8-11(13)9-16/h2-3,8,10H,4-7H2,1H3,(H,17,19). The van der Waals surface area contributed by atoms with Gasteiger partial charge >= 0.3 is 6.03 Å². The van der Waals surface area contributed by atoms with E-state index in [0.29, 0.717) is 11.6 Å². The summed E-state index contributed by atoms with van der Waals surface area (Å²) in [5, 5.41) is 11.6. The zero-order valence-electron chi connectivity index (χ0n) is 10.8. The number of nitrogens with zero attached hydrogens (tertiary/aromatic N) is 2. The molecular weight excluding hydrogens is 245 g/mol. The van der Waals surface area contributed by atoms with Gasteiger partial charge in [-0.2, -0.15) is 5.26 Å². The molecule has 2 rings (SSSR count). The largest absolute Gasteiger partial charge is 0.325 e. The molecule has 100 valence electrons. The van der Waals surface area contributed by atoms with E-state index in [0.717, 1.165) is 32.0 Å². The molecule has 1 N–H and O–H groups in total. The summed E-state index contributed by atoms with van der Waals surface area (Å²) in [5.41, 5.74) is 0.492. The van der Waals surface area contributed by atoms with Crippen LogP contribution in [-0.2, 0) is 0 Å². The highest BCUT2D eigenvalue weighted by Crippen LogP contribution is 2.19. The smallest absolute Gasteiger partial charge is 0.321 e. The Hall–Kier alpha value is -2.09. The molecule has 1 aliphatic heterocycles. The average molecular weight is 261 g/mol.